The summed E-state index contributed by atoms with van der Waals surface area (Å²) >= 11 is 1.56. The molecule has 2 atom stereocenters. The van der Waals surface area contributed by atoms with Crippen molar-refractivity contribution in [3.63, 3.8) is 0 Å². The van der Waals surface area contributed by atoms with Crippen LogP contribution in [0.5, 0.6) is 5.75 Å². The van der Waals surface area contributed by atoms with E-state index in [1.54, 1.807) is 23.8 Å². The van der Waals surface area contributed by atoms with Gasteiger partial charge in [0.2, 0.25) is 11.8 Å². The fourth-order valence-corrected chi connectivity index (χ4v) is 4.18. The second-order valence-electron chi connectivity index (χ2n) is 8.09. The molecule has 6 heteroatoms. The van der Waals surface area contributed by atoms with Crippen LogP contribution in [0, 0.1) is 6.92 Å². The Bertz CT molecular complexity index is 852. The summed E-state index contributed by atoms with van der Waals surface area (Å²) in [5, 5.41) is 3.05. The number of nitrogens with one attached hydrogen (secondary N) is 1. The molecule has 0 bridgehead atoms. The molecule has 0 aliphatic heterocycles. The molecule has 0 aromatic heterocycles. The Morgan fingerprint density at radius 1 is 1.00 bits per heavy atom. The van der Waals surface area contributed by atoms with Gasteiger partial charge in [-0.3, -0.25) is 9.59 Å². The largest absolute Gasteiger partial charge is 0.497 e. The second-order valence-corrected chi connectivity index (χ2v) is 9.08. The molecule has 2 amide bonds. The Morgan fingerprint density at radius 2 is 1.62 bits per heavy atom. The average Bonchev–Trinajstić information content (AvgIpc) is 2.80. The topological polar surface area (TPSA) is 58.6 Å². The number of nitrogens with zero attached hydrogens (tertiary/aromatic N) is 1. The molecule has 32 heavy (non-hydrogen) atoms. The molecule has 2 aromatic carbocycles. The maximum atomic E-state index is 13.3. The number of aryl methyl sites for hydroxylation is 1. The summed E-state index contributed by atoms with van der Waals surface area (Å²) in [6.45, 7) is 8.45. The van der Waals surface area contributed by atoms with Gasteiger partial charge in [-0.15, -0.1) is 11.8 Å². The molecule has 0 heterocycles. The zero-order chi connectivity index (χ0) is 23.5. The van der Waals surface area contributed by atoms with E-state index in [0.29, 0.717) is 18.7 Å². The molecular weight excluding hydrogens is 420 g/mol. The van der Waals surface area contributed by atoms with Crippen LogP contribution in [0.4, 0.5) is 0 Å². The third-order valence-corrected chi connectivity index (χ3v) is 6.50. The van der Waals surface area contributed by atoms with Crippen molar-refractivity contribution in [3.05, 3.63) is 65.2 Å². The van der Waals surface area contributed by atoms with Crippen molar-refractivity contribution in [2.24, 2.45) is 0 Å². The van der Waals surface area contributed by atoms with Crippen molar-refractivity contribution in [1.82, 2.24) is 10.2 Å². The predicted octanol–water partition coefficient (Wildman–Crippen LogP) is 4.96. The maximum Gasteiger partial charge on any atom is 0.243 e. The van der Waals surface area contributed by atoms with Crippen LogP contribution in [0.3, 0.4) is 0 Å². The van der Waals surface area contributed by atoms with Gasteiger partial charge in [-0.05, 0) is 49.9 Å². The van der Waals surface area contributed by atoms with Gasteiger partial charge in [0.05, 0.1) is 12.9 Å². The highest BCUT2D eigenvalue weighted by Gasteiger charge is 2.29. The Balaban J connectivity index is 2.10. The molecule has 2 aromatic rings. The summed E-state index contributed by atoms with van der Waals surface area (Å²) in [6.07, 6.45) is 1.43. The molecule has 1 N–H and O–H groups in total. The minimum atomic E-state index is -0.487. The summed E-state index contributed by atoms with van der Waals surface area (Å²) in [7, 11) is 1.65. The molecule has 0 spiro atoms. The van der Waals surface area contributed by atoms with Gasteiger partial charge in [0.25, 0.3) is 0 Å². The SMILES string of the molecule is CC[C@H](C(=O)N[C@@H](C)CC)N(Cc1ccc(C)cc1)C(=O)CSCc1ccc(OC)cc1. The van der Waals surface area contributed by atoms with Gasteiger partial charge in [-0.2, -0.15) is 0 Å². The van der Waals surface area contributed by atoms with Crippen molar-refractivity contribution in [1.29, 1.82) is 0 Å². The Labute approximate surface area is 196 Å². The van der Waals surface area contributed by atoms with E-state index in [9.17, 15) is 9.59 Å². The van der Waals surface area contributed by atoms with Gasteiger partial charge in [-0.1, -0.05) is 55.8 Å². The normalized spacial score (nSPS) is 12.7. The van der Waals surface area contributed by atoms with E-state index >= 15 is 0 Å². The van der Waals surface area contributed by atoms with Gasteiger partial charge >= 0.3 is 0 Å². The van der Waals surface area contributed by atoms with E-state index in [0.717, 1.165) is 29.1 Å². The summed E-state index contributed by atoms with van der Waals surface area (Å²) < 4.78 is 5.20. The number of thioether (sulfide) groups is 1. The summed E-state index contributed by atoms with van der Waals surface area (Å²) in [4.78, 5) is 28.0. The number of ether oxygens (including phenoxy) is 1. The fourth-order valence-electron chi connectivity index (χ4n) is 3.31. The van der Waals surface area contributed by atoms with E-state index in [4.69, 9.17) is 4.74 Å². The standard InChI is InChI=1S/C26H36N2O3S/c1-6-20(4)27-26(30)24(7-2)28(16-21-10-8-19(3)9-11-21)25(29)18-32-17-22-12-14-23(31-5)15-13-22/h8-15,20,24H,6-7,16-18H2,1-5H3,(H,27,30)/t20-,24+/m0/s1. The van der Waals surface area contributed by atoms with E-state index in [-0.39, 0.29) is 17.9 Å². The fraction of sp³-hybridized carbons (Fsp3) is 0.462. The molecule has 174 valence electrons. The molecule has 0 saturated carbocycles. The van der Waals surface area contributed by atoms with Gasteiger partial charge < -0.3 is 15.0 Å². The first-order chi connectivity index (χ1) is 15.4. The Hall–Kier alpha value is -2.47. The molecule has 0 unspecified atom stereocenters. The second kappa shape index (κ2) is 13.2. The van der Waals surface area contributed by atoms with Crippen molar-refractivity contribution < 1.29 is 14.3 Å². The lowest BCUT2D eigenvalue weighted by atomic mass is 10.1. The highest BCUT2D eigenvalue weighted by Crippen LogP contribution is 2.19. The van der Waals surface area contributed by atoms with Crippen LogP contribution in [0.15, 0.2) is 48.5 Å². The first-order valence-electron chi connectivity index (χ1n) is 11.2. The molecule has 0 radical (unpaired) electrons. The van der Waals surface area contributed by atoms with E-state index < -0.39 is 6.04 Å². The lowest BCUT2D eigenvalue weighted by Crippen LogP contribution is -2.51. The molecule has 0 aliphatic rings. The van der Waals surface area contributed by atoms with Gasteiger partial charge in [0.1, 0.15) is 11.8 Å². The van der Waals surface area contributed by atoms with Crippen LogP contribution in [-0.2, 0) is 21.9 Å². The Kier molecular flexibility index (Phi) is 10.6. The number of hydrogen-bond acceptors (Lipinski definition) is 4. The van der Waals surface area contributed by atoms with Crippen molar-refractivity contribution in [2.45, 2.75) is 64.9 Å². The number of rotatable bonds is 12. The highest BCUT2D eigenvalue weighted by molar-refractivity contribution is 7.99. The van der Waals surface area contributed by atoms with Crippen LogP contribution in [0.2, 0.25) is 0 Å². The van der Waals surface area contributed by atoms with Crippen LogP contribution >= 0.6 is 11.8 Å². The third kappa shape index (κ3) is 7.90. The zero-order valence-corrected chi connectivity index (χ0v) is 20.7. The third-order valence-electron chi connectivity index (χ3n) is 5.51. The van der Waals surface area contributed by atoms with Crippen molar-refractivity contribution in [3.8, 4) is 5.75 Å². The lowest BCUT2D eigenvalue weighted by molar-refractivity contribution is -0.139. The molecule has 5 nitrogen and oxygen atoms in total. The number of amides is 2. The van der Waals surface area contributed by atoms with E-state index in [1.807, 2.05) is 76.2 Å². The van der Waals surface area contributed by atoms with Crippen molar-refractivity contribution in [2.75, 3.05) is 12.9 Å². The smallest absolute Gasteiger partial charge is 0.243 e. The monoisotopic (exact) mass is 456 g/mol. The summed E-state index contributed by atoms with van der Waals surface area (Å²) in [5.41, 5.74) is 3.33. The first kappa shape index (κ1) is 25.8. The van der Waals surface area contributed by atoms with Crippen LogP contribution in [0.1, 0.15) is 50.3 Å². The molecule has 0 aliphatic carbocycles. The van der Waals surface area contributed by atoms with E-state index in [2.05, 4.69) is 5.32 Å². The Morgan fingerprint density at radius 3 is 2.19 bits per heavy atom. The number of carbonyl (C=O) groups is 2. The number of hydrogen-bond donors (Lipinski definition) is 1. The van der Waals surface area contributed by atoms with Gasteiger partial charge in [-0.25, -0.2) is 0 Å². The first-order valence-corrected chi connectivity index (χ1v) is 12.4. The van der Waals surface area contributed by atoms with Crippen LogP contribution < -0.4 is 10.1 Å². The lowest BCUT2D eigenvalue weighted by Gasteiger charge is -2.31. The molecule has 0 fully saturated rings. The van der Waals surface area contributed by atoms with Crippen LogP contribution in [-0.4, -0.2) is 41.7 Å². The summed E-state index contributed by atoms with van der Waals surface area (Å²) in [6, 6.07) is 15.6. The maximum absolute atomic E-state index is 13.3. The van der Waals surface area contributed by atoms with Crippen molar-refractivity contribution >= 4 is 23.6 Å². The molecule has 0 saturated heterocycles. The highest BCUT2D eigenvalue weighted by atomic mass is 32.2. The minimum absolute atomic E-state index is 0.0183. The average molecular weight is 457 g/mol. The summed E-state index contributed by atoms with van der Waals surface area (Å²) in [5.74, 6) is 1.77. The zero-order valence-electron chi connectivity index (χ0n) is 19.9. The molecular formula is C26H36N2O3S. The van der Waals surface area contributed by atoms with Crippen LogP contribution in [0.25, 0.3) is 0 Å². The molecule has 2 rings (SSSR count). The number of benzene rings is 2. The van der Waals surface area contributed by atoms with Gasteiger partial charge in [0, 0.05) is 18.3 Å². The van der Waals surface area contributed by atoms with Gasteiger partial charge in [0.15, 0.2) is 0 Å². The number of carbonyl (C=O) groups excluding carboxylic acids is 2. The predicted molar refractivity (Wildman–Crippen MR) is 133 cm³/mol. The minimum Gasteiger partial charge on any atom is -0.497 e. The van der Waals surface area contributed by atoms with E-state index in [1.165, 1.54) is 5.56 Å². The number of methoxy groups -OCH3 is 1. The quantitative estimate of drug-likeness (QED) is 0.490.